The van der Waals surface area contributed by atoms with E-state index in [2.05, 4.69) is 17.9 Å². The van der Waals surface area contributed by atoms with E-state index >= 15 is 0 Å². The molecule has 0 heterocycles. The molecule has 72 valence electrons. The Balaban J connectivity index is 3.54. The predicted octanol–water partition coefficient (Wildman–Crippen LogP) is 0.582. The molecule has 0 spiro atoms. The first-order valence-electron chi connectivity index (χ1n) is 4.14. The molecule has 12 heavy (non-hydrogen) atoms. The molecule has 0 saturated carbocycles. The van der Waals surface area contributed by atoms with Crippen LogP contribution in [0.5, 0.6) is 0 Å². The SMILES string of the molecule is CC(O)CC(C)NC(=O)CCS. The summed E-state index contributed by atoms with van der Waals surface area (Å²) in [6, 6.07) is 0.0392. The van der Waals surface area contributed by atoms with Gasteiger partial charge in [0.15, 0.2) is 0 Å². The second kappa shape index (κ2) is 6.31. The minimum atomic E-state index is -0.365. The van der Waals surface area contributed by atoms with Crippen LogP contribution in [0.25, 0.3) is 0 Å². The van der Waals surface area contributed by atoms with Crippen molar-refractivity contribution in [2.45, 2.75) is 38.8 Å². The van der Waals surface area contributed by atoms with Crippen LogP contribution in [-0.2, 0) is 4.79 Å². The topological polar surface area (TPSA) is 49.3 Å². The van der Waals surface area contributed by atoms with Crippen molar-refractivity contribution in [1.82, 2.24) is 5.32 Å². The molecule has 2 N–H and O–H groups in total. The Morgan fingerprint density at radius 1 is 1.58 bits per heavy atom. The molecule has 0 aliphatic heterocycles. The highest BCUT2D eigenvalue weighted by molar-refractivity contribution is 7.80. The summed E-state index contributed by atoms with van der Waals surface area (Å²) in [6.45, 7) is 3.59. The summed E-state index contributed by atoms with van der Waals surface area (Å²) >= 11 is 3.94. The normalized spacial score (nSPS) is 15.3. The van der Waals surface area contributed by atoms with Gasteiger partial charge in [0.25, 0.3) is 0 Å². The predicted molar refractivity (Wildman–Crippen MR) is 52.4 cm³/mol. The Morgan fingerprint density at radius 2 is 2.17 bits per heavy atom. The molecule has 0 radical (unpaired) electrons. The van der Waals surface area contributed by atoms with E-state index in [4.69, 9.17) is 5.11 Å². The van der Waals surface area contributed by atoms with E-state index in [0.29, 0.717) is 18.6 Å². The lowest BCUT2D eigenvalue weighted by Crippen LogP contribution is -2.34. The molecule has 0 aromatic rings. The van der Waals surface area contributed by atoms with E-state index in [1.165, 1.54) is 0 Å². The van der Waals surface area contributed by atoms with Crippen LogP contribution in [0.3, 0.4) is 0 Å². The van der Waals surface area contributed by atoms with Crippen molar-refractivity contribution in [3.63, 3.8) is 0 Å². The van der Waals surface area contributed by atoms with Crippen LogP contribution < -0.4 is 5.32 Å². The van der Waals surface area contributed by atoms with Crippen LogP contribution in [0, 0.1) is 0 Å². The first-order chi connectivity index (χ1) is 5.56. The lowest BCUT2D eigenvalue weighted by molar-refractivity contribution is -0.121. The van der Waals surface area contributed by atoms with Gasteiger partial charge >= 0.3 is 0 Å². The highest BCUT2D eigenvalue weighted by Gasteiger charge is 2.08. The monoisotopic (exact) mass is 191 g/mol. The minimum absolute atomic E-state index is 0.00171. The Hall–Kier alpha value is -0.220. The van der Waals surface area contributed by atoms with Gasteiger partial charge in [-0.15, -0.1) is 0 Å². The number of hydrogen-bond acceptors (Lipinski definition) is 3. The zero-order valence-corrected chi connectivity index (χ0v) is 8.47. The van der Waals surface area contributed by atoms with Crippen LogP contribution in [0.2, 0.25) is 0 Å². The Bertz CT molecular complexity index is 139. The average molecular weight is 191 g/mol. The third-order valence-electron chi connectivity index (χ3n) is 1.44. The fraction of sp³-hybridized carbons (Fsp3) is 0.875. The van der Waals surface area contributed by atoms with Crippen molar-refractivity contribution in [2.75, 3.05) is 5.75 Å². The number of thiol groups is 1. The molecule has 0 fully saturated rings. The Kier molecular flexibility index (Phi) is 6.20. The molecule has 0 aliphatic carbocycles. The van der Waals surface area contributed by atoms with Crippen LogP contribution >= 0.6 is 12.6 Å². The maximum Gasteiger partial charge on any atom is 0.221 e. The van der Waals surface area contributed by atoms with Gasteiger partial charge in [0.05, 0.1) is 6.10 Å². The van der Waals surface area contributed by atoms with E-state index in [-0.39, 0.29) is 18.1 Å². The maximum absolute atomic E-state index is 11.0. The fourth-order valence-electron chi connectivity index (χ4n) is 1.02. The third kappa shape index (κ3) is 6.49. The van der Waals surface area contributed by atoms with Gasteiger partial charge in [-0.25, -0.2) is 0 Å². The first kappa shape index (κ1) is 11.8. The number of nitrogens with one attached hydrogen (secondary N) is 1. The van der Waals surface area contributed by atoms with Gasteiger partial charge in [-0.3, -0.25) is 4.79 Å². The van der Waals surface area contributed by atoms with Crippen molar-refractivity contribution >= 4 is 18.5 Å². The van der Waals surface area contributed by atoms with Gasteiger partial charge in [0, 0.05) is 12.5 Å². The van der Waals surface area contributed by atoms with Gasteiger partial charge in [0.1, 0.15) is 0 Å². The van der Waals surface area contributed by atoms with Crippen molar-refractivity contribution in [2.24, 2.45) is 0 Å². The molecule has 0 saturated heterocycles. The van der Waals surface area contributed by atoms with Crippen molar-refractivity contribution < 1.29 is 9.90 Å². The van der Waals surface area contributed by atoms with E-state index in [0.717, 1.165) is 0 Å². The average Bonchev–Trinajstić information content (AvgIpc) is 1.84. The summed E-state index contributed by atoms with van der Waals surface area (Å²) in [4.78, 5) is 11.0. The molecule has 0 aliphatic rings. The van der Waals surface area contributed by atoms with Crippen LogP contribution in [0.15, 0.2) is 0 Å². The zero-order valence-electron chi connectivity index (χ0n) is 7.58. The highest BCUT2D eigenvalue weighted by atomic mass is 32.1. The number of amides is 1. The van der Waals surface area contributed by atoms with Crippen LogP contribution in [0.4, 0.5) is 0 Å². The summed E-state index contributed by atoms with van der Waals surface area (Å²) in [6.07, 6.45) is 0.669. The first-order valence-corrected chi connectivity index (χ1v) is 4.77. The third-order valence-corrected chi connectivity index (χ3v) is 1.66. The molecule has 0 aromatic carbocycles. The van der Waals surface area contributed by atoms with E-state index < -0.39 is 0 Å². The molecule has 3 nitrogen and oxygen atoms in total. The van der Waals surface area contributed by atoms with Gasteiger partial charge in [-0.2, -0.15) is 12.6 Å². The quantitative estimate of drug-likeness (QED) is 0.557. The van der Waals surface area contributed by atoms with Crippen molar-refractivity contribution in [3.05, 3.63) is 0 Å². The maximum atomic E-state index is 11.0. The standard InChI is InChI=1S/C8H17NO2S/c1-6(5-7(2)10)9-8(11)3-4-12/h6-7,10,12H,3-5H2,1-2H3,(H,9,11). The molecule has 1 amide bonds. The largest absolute Gasteiger partial charge is 0.393 e. The molecule has 4 heteroatoms. The summed E-state index contributed by atoms with van der Waals surface area (Å²) < 4.78 is 0. The summed E-state index contributed by atoms with van der Waals surface area (Å²) in [7, 11) is 0. The lowest BCUT2D eigenvalue weighted by Gasteiger charge is -2.14. The fourth-order valence-corrected chi connectivity index (χ4v) is 1.22. The zero-order chi connectivity index (χ0) is 9.56. The van der Waals surface area contributed by atoms with Crippen molar-refractivity contribution in [1.29, 1.82) is 0 Å². The van der Waals surface area contributed by atoms with Crippen molar-refractivity contribution in [3.8, 4) is 0 Å². The molecular formula is C8H17NO2S. The van der Waals surface area contributed by atoms with Crippen LogP contribution in [-0.4, -0.2) is 28.9 Å². The highest BCUT2D eigenvalue weighted by Crippen LogP contribution is 1.97. The Labute approximate surface area is 79.0 Å². The van der Waals surface area contributed by atoms with Gasteiger partial charge in [0.2, 0.25) is 5.91 Å². The lowest BCUT2D eigenvalue weighted by atomic mass is 10.1. The molecular weight excluding hydrogens is 174 g/mol. The second-order valence-corrected chi connectivity index (χ2v) is 3.47. The number of aliphatic hydroxyl groups is 1. The summed E-state index contributed by atoms with van der Waals surface area (Å²) in [5.74, 6) is 0.561. The molecule has 0 rings (SSSR count). The number of carbonyl (C=O) groups excluding carboxylic acids is 1. The van der Waals surface area contributed by atoms with E-state index in [9.17, 15) is 4.79 Å². The molecule has 2 atom stereocenters. The molecule has 0 bridgehead atoms. The molecule has 0 aromatic heterocycles. The van der Waals surface area contributed by atoms with Gasteiger partial charge < -0.3 is 10.4 Å². The number of carbonyl (C=O) groups is 1. The van der Waals surface area contributed by atoms with E-state index in [1.807, 2.05) is 6.92 Å². The number of hydrogen-bond donors (Lipinski definition) is 3. The number of rotatable bonds is 5. The minimum Gasteiger partial charge on any atom is -0.393 e. The second-order valence-electron chi connectivity index (χ2n) is 3.03. The van der Waals surface area contributed by atoms with E-state index in [1.54, 1.807) is 6.92 Å². The molecule has 2 unspecified atom stereocenters. The Morgan fingerprint density at radius 3 is 2.58 bits per heavy atom. The van der Waals surface area contributed by atoms with Gasteiger partial charge in [-0.1, -0.05) is 0 Å². The van der Waals surface area contributed by atoms with Crippen LogP contribution in [0.1, 0.15) is 26.7 Å². The smallest absolute Gasteiger partial charge is 0.221 e. The van der Waals surface area contributed by atoms with Gasteiger partial charge in [-0.05, 0) is 26.0 Å². The summed E-state index contributed by atoms with van der Waals surface area (Å²) in [5.41, 5.74) is 0. The summed E-state index contributed by atoms with van der Waals surface area (Å²) in [5, 5.41) is 11.8. The number of aliphatic hydroxyl groups excluding tert-OH is 1.